The van der Waals surface area contributed by atoms with Crippen LogP contribution in [-0.2, 0) is 0 Å². The van der Waals surface area contributed by atoms with Gasteiger partial charge < -0.3 is 10.6 Å². The summed E-state index contributed by atoms with van der Waals surface area (Å²) in [6.45, 7) is 2.46. The van der Waals surface area contributed by atoms with Gasteiger partial charge in [-0.2, -0.15) is 0 Å². The second kappa shape index (κ2) is 6.16. The lowest BCUT2D eigenvalue weighted by atomic mass is 9.99. The van der Waals surface area contributed by atoms with Crippen LogP contribution in [0.4, 0.5) is 15.8 Å². The summed E-state index contributed by atoms with van der Waals surface area (Å²) in [7, 11) is 0. The van der Waals surface area contributed by atoms with Crippen molar-refractivity contribution in [3.63, 3.8) is 0 Å². The van der Waals surface area contributed by atoms with E-state index in [4.69, 9.17) is 11.6 Å². The van der Waals surface area contributed by atoms with E-state index in [0.717, 1.165) is 38.1 Å². The summed E-state index contributed by atoms with van der Waals surface area (Å²) in [5.74, 6) is -0.261. The molecule has 0 aliphatic carbocycles. The molecular weight excluding hydrogens is 273 g/mol. The van der Waals surface area contributed by atoms with E-state index in [1.807, 2.05) is 0 Å². The third kappa shape index (κ3) is 3.54. The van der Waals surface area contributed by atoms with Gasteiger partial charge in [-0.15, -0.1) is 0 Å². The average molecular weight is 288 g/mol. The topological polar surface area (TPSA) is 67.2 Å². The first kappa shape index (κ1) is 14.0. The molecule has 1 unspecified atom stereocenters. The zero-order chi connectivity index (χ0) is 13.8. The van der Waals surface area contributed by atoms with Crippen molar-refractivity contribution in [3.8, 4) is 0 Å². The summed E-state index contributed by atoms with van der Waals surface area (Å²) < 4.78 is 13.4. The highest BCUT2D eigenvalue weighted by molar-refractivity contribution is 6.31. The molecule has 0 aromatic heterocycles. The number of hydrogen-bond donors (Lipinski definition) is 2. The molecule has 19 heavy (non-hydrogen) atoms. The minimum atomic E-state index is -0.656. The molecule has 1 aliphatic rings. The Balaban J connectivity index is 2.09. The maximum atomic E-state index is 13.4. The number of hydrogen-bond acceptors (Lipinski definition) is 4. The van der Waals surface area contributed by atoms with Crippen molar-refractivity contribution in [2.45, 2.75) is 12.8 Å². The molecule has 0 radical (unpaired) electrons. The predicted octanol–water partition coefficient (Wildman–Crippen LogP) is 2.80. The van der Waals surface area contributed by atoms with Crippen molar-refractivity contribution in [2.24, 2.45) is 5.92 Å². The molecule has 7 heteroatoms. The molecule has 2 rings (SSSR count). The third-order valence-corrected chi connectivity index (χ3v) is 3.51. The Labute approximate surface area is 115 Å². The fourth-order valence-corrected chi connectivity index (χ4v) is 2.34. The molecule has 1 fully saturated rings. The molecule has 1 aliphatic heterocycles. The van der Waals surface area contributed by atoms with Gasteiger partial charge in [0.1, 0.15) is 11.5 Å². The number of nitrogens with zero attached hydrogens (tertiary/aromatic N) is 1. The Hall–Kier alpha value is -1.40. The molecule has 0 amide bonds. The molecule has 0 saturated carbocycles. The summed E-state index contributed by atoms with van der Waals surface area (Å²) >= 11 is 5.56. The van der Waals surface area contributed by atoms with Crippen LogP contribution in [0.25, 0.3) is 0 Å². The third-order valence-electron chi connectivity index (χ3n) is 3.22. The number of halogens is 2. The number of anilines is 1. The quantitative estimate of drug-likeness (QED) is 0.660. The summed E-state index contributed by atoms with van der Waals surface area (Å²) in [5, 5.41) is 16.9. The largest absolute Gasteiger partial charge is 0.379 e. The van der Waals surface area contributed by atoms with Gasteiger partial charge in [0.25, 0.3) is 5.69 Å². The van der Waals surface area contributed by atoms with E-state index in [9.17, 15) is 14.5 Å². The summed E-state index contributed by atoms with van der Waals surface area (Å²) in [4.78, 5) is 10.3. The second-order valence-corrected chi connectivity index (χ2v) is 5.04. The number of nitrogens with one attached hydrogen (secondary N) is 2. The first-order valence-electron chi connectivity index (χ1n) is 6.16. The van der Waals surface area contributed by atoms with Crippen LogP contribution in [-0.4, -0.2) is 24.6 Å². The van der Waals surface area contributed by atoms with Crippen molar-refractivity contribution < 1.29 is 9.31 Å². The minimum Gasteiger partial charge on any atom is -0.379 e. The minimum absolute atomic E-state index is 0.178. The van der Waals surface area contributed by atoms with E-state index in [0.29, 0.717) is 12.5 Å². The smallest absolute Gasteiger partial charge is 0.294 e. The summed E-state index contributed by atoms with van der Waals surface area (Å²) in [6.07, 6.45) is 2.15. The second-order valence-electron chi connectivity index (χ2n) is 4.63. The van der Waals surface area contributed by atoms with E-state index < -0.39 is 10.7 Å². The van der Waals surface area contributed by atoms with Gasteiger partial charge >= 0.3 is 0 Å². The molecule has 0 bridgehead atoms. The number of nitro groups is 1. The lowest BCUT2D eigenvalue weighted by Gasteiger charge is -2.23. The Morgan fingerprint density at radius 1 is 1.58 bits per heavy atom. The predicted molar refractivity (Wildman–Crippen MR) is 72.1 cm³/mol. The normalized spacial score (nSPS) is 19.2. The van der Waals surface area contributed by atoms with Crippen LogP contribution in [0.5, 0.6) is 0 Å². The molecule has 5 nitrogen and oxygen atoms in total. The van der Waals surface area contributed by atoms with E-state index in [1.165, 1.54) is 0 Å². The number of benzene rings is 1. The van der Waals surface area contributed by atoms with Gasteiger partial charge in [0.15, 0.2) is 0 Å². The van der Waals surface area contributed by atoms with E-state index >= 15 is 0 Å². The molecule has 1 aromatic carbocycles. The fourth-order valence-electron chi connectivity index (χ4n) is 2.18. The van der Waals surface area contributed by atoms with Crippen LogP contribution >= 0.6 is 11.6 Å². The maximum Gasteiger partial charge on any atom is 0.294 e. The van der Waals surface area contributed by atoms with Crippen LogP contribution in [0.1, 0.15) is 12.8 Å². The summed E-state index contributed by atoms with van der Waals surface area (Å²) in [6, 6.07) is 2.12. The fraction of sp³-hybridized carbons (Fsp3) is 0.500. The van der Waals surface area contributed by atoms with Gasteiger partial charge in [-0.1, -0.05) is 11.6 Å². The summed E-state index contributed by atoms with van der Waals surface area (Å²) in [5.41, 5.74) is -0.0207. The highest BCUT2D eigenvalue weighted by Crippen LogP contribution is 2.30. The molecule has 1 atom stereocenters. The number of rotatable bonds is 4. The lowest BCUT2D eigenvalue weighted by Crippen LogP contribution is -2.33. The Bertz CT molecular complexity index is 478. The van der Waals surface area contributed by atoms with Crippen molar-refractivity contribution in [1.29, 1.82) is 0 Å². The Kier molecular flexibility index (Phi) is 4.55. The van der Waals surface area contributed by atoms with E-state index in [2.05, 4.69) is 10.6 Å². The van der Waals surface area contributed by atoms with Gasteiger partial charge in [-0.3, -0.25) is 10.1 Å². The maximum absolute atomic E-state index is 13.4. The Morgan fingerprint density at radius 3 is 3.00 bits per heavy atom. The van der Waals surface area contributed by atoms with Crippen molar-refractivity contribution in [2.75, 3.05) is 25.0 Å². The molecule has 1 aromatic rings. The monoisotopic (exact) mass is 287 g/mol. The SMILES string of the molecule is O=[N+]([O-])c1cc(Cl)c(F)cc1NCC1CCCNC1. The number of nitro benzene ring substituents is 1. The van der Waals surface area contributed by atoms with Crippen LogP contribution in [0.2, 0.25) is 5.02 Å². The van der Waals surface area contributed by atoms with Gasteiger partial charge in [-0.25, -0.2) is 4.39 Å². The van der Waals surface area contributed by atoms with Gasteiger partial charge in [-0.05, 0) is 31.8 Å². The first-order valence-corrected chi connectivity index (χ1v) is 6.53. The number of piperidine rings is 1. The van der Waals surface area contributed by atoms with Crippen LogP contribution < -0.4 is 10.6 Å². The standard InChI is InChI=1S/C12H15ClFN3O2/c13-9-4-12(17(18)19)11(5-10(9)14)16-7-8-2-1-3-15-6-8/h4-5,8,15-16H,1-3,6-7H2. The molecule has 1 heterocycles. The zero-order valence-electron chi connectivity index (χ0n) is 10.3. The van der Waals surface area contributed by atoms with E-state index in [1.54, 1.807) is 0 Å². The molecule has 0 spiro atoms. The molecule has 1 saturated heterocycles. The first-order chi connectivity index (χ1) is 9.08. The van der Waals surface area contributed by atoms with Gasteiger partial charge in [0.2, 0.25) is 0 Å². The van der Waals surface area contributed by atoms with Crippen molar-refractivity contribution in [1.82, 2.24) is 5.32 Å². The molecular formula is C12H15ClFN3O2. The average Bonchev–Trinajstić information content (AvgIpc) is 2.40. The van der Waals surface area contributed by atoms with Gasteiger partial charge in [0, 0.05) is 18.7 Å². The van der Waals surface area contributed by atoms with E-state index in [-0.39, 0.29) is 16.4 Å². The van der Waals surface area contributed by atoms with Crippen molar-refractivity contribution in [3.05, 3.63) is 33.1 Å². The zero-order valence-corrected chi connectivity index (χ0v) is 11.0. The molecule has 104 valence electrons. The van der Waals surface area contributed by atoms with Crippen molar-refractivity contribution >= 4 is 23.0 Å². The highest BCUT2D eigenvalue weighted by atomic mass is 35.5. The van der Waals surface area contributed by atoms with Crippen LogP contribution in [0, 0.1) is 21.8 Å². The van der Waals surface area contributed by atoms with Crippen LogP contribution in [0.3, 0.4) is 0 Å². The Morgan fingerprint density at radius 2 is 2.37 bits per heavy atom. The highest BCUT2D eigenvalue weighted by Gasteiger charge is 2.19. The lowest BCUT2D eigenvalue weighted by molar-refractivity contribution is -0.384. The molecule has 2 N–H and O–H groups in total. The van der Waals surface area contributed by atoms with Crippen LogP contribution in [0.15, 0.2) is 12.1 Å². The van der Waals surface area contributed by atoms with Gasteiger partial charge in [0.05, 0.1) is 9.95 Å².